The lowest BCUT2D eigenvalue weighted by Gasteiger charge is -2.17. The van der Waals surface area contributed by atoms with Gasteiger partial charge in [0, 0.05) is 15.1 Å². The van der Waals surface area contributed by atoms with Crippen molar-refractivity contribution >= 4 is 51.8 Å². The minimum absolute atomic E-state index is 0.349. The van der Waals surface area contributed by atoms with Crippen molar-refractivity contribution < 1.29 is 14.7 Å². The lowest BCUT2D eigenvalue weighted by atomic mass is 10.1. The van der Waals surface area contributed by atoms with Gasteiger partial charge in [-0.2, -0.15) is 0 Å². The van der Waals surface area contributed by atoms with Crippen LogP contribution in [0.5, 0.6) is 0 Å². The minimum Gasteiger partial charge on any atom is -0.481 e. The molecule has 1 aromatic carbocycles. The van der Waals surface area contributed by atoms with E-state index in [0.717, 1.165) is 9.26 Å². The van der Waals surface area contributed by atoms with Crippen molar-refractivity contribution in [3.63, 3.8) is 0 Å². The quantitative estimate of drug-likeness (QED) is 0.647. The summed E-state index contributed by atoms with van der Waals surface area (Å²) in [5.41, 5.74) is 0.726. The Hall–Kier alpha value is -0.820. The van der Waals surface area contributed by atoms with E-state index in [-0.39, 0.29) is 5.91 Å². The second-order valence-corrected chi connectivity index (χ2v) is 5.36. The van der Waals surface area contributed by atoms with Crippen LogP contribution in [0, 0.1) is 9.49 Å². The molecule has 0 spiro atoms. The largest absolute Gasteiger partial charge is 0.481 e. The van der Waals surface area contributed by atoms with Gasteiger partial charge in [0.05, 0.1) is 5.69 Å². The van der Waals surface area contributed by atoms with Crippen LogP contribution in [0.2, 0.25) is 5.02 Å². The average Bonchev–Trinajstić information content (AvgIpc) is 2.60. The smallest absolute Gasteiger partial charge is 0.316 e. The van der Waals surface area contributed by atoms with Crippen molar-refractivity contribution in [3.05, 3.63) is 26.8 Å². The van der Waals surface area contributed by atoms with Crippen molar-refractivity contribution in [3.8, 4) is 0 Å². The normalized spacial score (nSPS) is 19.8. The van der Waals surface area contributed by atoms with Crippen LogP contribution in [-0.2, 0) is 9.59 Å². The highest BCUT2D eigenvalue weighted by Gasteiger charge is 2.38. The molecule has 1 saturated heterocycles. The molecule has 0 radical (unpaired) electrons. The highest BCUT2D eigenvalue weighted by Crippen LogP contribution is 2.31. The first-order chi connectivity index (χ1) is 8.00. The summed E-state index contributed by atoms with van der Waals surface area (Å²) < 4.78 is 0.842. The first-order valence-electron chi connectivity index (χ1n) is 5.00. The lowest BCUT2D eigenvalue weighted by Crippen LogP contribution is -2.30. The van der Waals surface area contributed by atoms with Crippen LogP contribution in [0.25, 0.3) is 0 Å². The summed E-state index contributed by atoms with van der Waals surface area (Å²) in [4.78, 5) is 24.3. The Balaban J connectivity index is 2.30. The Bertz CT molecular complexity index is 492. The van der Waals surface area contributed by atoms with Gasteiger partial charge in [0.15, 0.2) is 0 Å². The van der Waals surface area contributed by atoms with Crippen molar-refractivity contribution in [1.82, 2.24) is 0 Å². The molecule has 0 bridgehead atoms. The number of rotatable bonds is 2. The van der Waals surface area contributed by atoms with Gasteiger partial charge in [-0.1, -0.05) is 11.6 Å². The van der Waals surface area contributed by atoms with Crippen LogP contribution < -0.4 is 4.90 Å². The molecule has 4 nitrogen and oxygen atoms in total. The molecule has 1 atom stereocenters. The Labute approximate surface area is 117 Å². The molecule has 1 heterocycles. The first-order valence-corrected chi connectivity index (χ1v) is 6.45. The summed E-state index contributed by atoms with van der Waals surface area (Å²) in [5, 5.41) is 9.49. The van der Waals surface area contributed by atoms with Gasteiger partial charge >= 0.3 is 5.97 Å². The number of hydrogen-bond donors (Lipinski definition) is 1. The van der Waals surface area contributed by atoms with Crippen molar-refractivity contribution in [2.75, 3.05) is 11.4 Å². The van der Waals surface area contributed by atoms with Crippen molar-refractivity contribution in [1.29, 1.82) is 0 Å². The molecule has 1 N–H and O–H groups in total. The maximum Gasteiger partial charge on any atom is 0.316 e. The summed E-state index contributed by atoms with van der Waals surface area (Å²) in [7, 11) is 0. The van der Waals surface area contributed by atoms with Crippen molar-refractivity contribution in [2.45, 2.75) is 6.42 Å². The first kappa shape index (κ1) is 12.6. The summed E-state index contributed by atoms with van der Waals surface area (Å²) in [5.74, 6) is -2.32. The number of anilines is 1. The number of nitrogens with zero attached hydrogens (tertiary/aromatic N) is 1. The number of aliphatic carboxylic acids is 1. The topological polar surface area (TPSA) is 57.6 Å². The van der Waals surface area contributed by atoms with E-state index < -0.39 is 11.9 Å². The molecule has 1 aliphatic rings. The number of carbonyl (C=O) groups excluding carboxylic acids is 1. The van der Waals surface area contributed by atoms with Gasteiger partial charge in [-0.05, 0) is 47.2 Å². The van der Waals surface area contributed by atoms with Gasteiger partial charge in [-0.3, -0.25) is 9.59 Å². The van der Waals surface area contributed by atoms with Crippen LogP contribution in [0.3, 0.4) is 0 Å². The van der Waals surface area contributed by atoms with E-state index in [1.54, 1.807) is 18.2 Å². The molecule has 1 unspecified atom stereocenters. The van der Waals surface area contributed by atoms with Crippen LogP contribution in [0.4, 0.5) is 5.69 Å². The van der Waals surface area contributed by atoms with Gasteiger partial charge in [-0.25, -0.2) is 0 Å². The molecule has 1 aromatic rings. The molecule has 90 valence electrons. The summed E-state index contributed by atoms with van der Waals surface area (Å²) >= 11 is 7.92. The Morgan fingerprint density at radius 2 is 2.24 bits per heavy atom. The Kier molecular flexibility index (Phi) is 3.58. The third kappa shape index (κ3) is 2.40. The van der Waals surface area contributed by atoms with Crippen LogP contribution in [-0.4, -0.2) is 23.5 Å². The second-order valence-electron chi connectivity index (χ2n) is 3.77. The van der Waals surface area contributed by atoms with Crippen LogP contribution in [0.15, 0.2) is 18.2 Å². The predicted octanol–water partition coefficient (Wildman–Crippen LogP) is 2.38. The Morgan fingerprint density at radius 1 is 1.53 bits per heavy atom. The van der Waals surface area contributed by atoms with Crippen LogP contribution in [0.1, 0.15) is 6.42 Å². The maximum absolute atomic E-state index is 11.9. The van der Waals surface area contributed by atoms with Gasteiger partial charge in [-0.15, -0.1) is 0 Å². The minimum atomic E-state index is -1.05. The zero-order chi connectivity index (χ0) is 12.6. The molecule has 2 rings (SSSR count). The molecular weight excluding hydrogens is 356 g/mol. The molecule has 0 aliphatic carbocycles. The monoisotopic (exact) mass is 365 g/mol. The lowest BCUT2D eigenvalue weighted by molar-refractivity contribution is -0.144. The van der Waals surface area contributed by atoms with E-state index >= 15 is 0 Å². The molecule has 1 aliphatic heterocycles. The number of carboxylic acid groups (broad SMARTS) is 1. The standard InChI is InChI=1S/C11H9ClINO3/c12-6-1-2-9(8(13)5-6)14-4-3-7(10(14)15)11(16)17/h1-2,5,7H,3-4H2,(H,16,17). The molecule has 17 heavy (non-hydrogen) atoms. The van der Waals surface area contributed by atoms with Crippen LogP contribution >= 0.6 is 34.2 Å². The number of halogens is 2. The third-order valence-electron chi connectivity index (χ3n) is 2.70. The summed E-state index contributed by atoms with van der Waals surface area (Å²) in [6.45, 7) is 0.438. The second kappa shape index (κ2) is 4.81. The average molecular weight is 366 g/mol. The highest BCUT2D eigenvalue weighted by atomic mass is 127. The SMILES string of the molecule is O=C(O)C1CCN(c2ccc(Cl)cc2I)C1=O. The highest BCUT2D eigenvalue weighted by molar-refractivity contribution is 14.1. The van der Waals surface area contributed by atoms with Gasteiger partial charge in [0.1, 0.15) is 5.92 Å². The van der Waals surface area contributed by atoms with E-state index in [2.05, 4.69) is 22.6 Å². The third-order valence-corrected chi connectivity index (χ3v) is 3.80. The molecule has 1 amide bonds. The fourth-order valence-electron chi connectivity index (χ4n) is 1.85. The molecule has 1 fully saturated rings. The van der Waals surface area contributed by atoms with Crippen molar-refractivity contribution in [2.24, 2.45) is 5.92 Å². The zero-order valence-corrected chi connectivity index (χ0v) is 11.6. The van der Waals surface area contributed by atoms with Gasteiger partial charge in [0.2, 0.25) is 5.91 Å². The summed E-state index contributed by atoms with van der Waals surface area (Å²) in [6, 6.07) is 5.19. The fourth-order valence-corrected chi connectivity index (χ4v) is 3.01. The van der Waals surface area contributed by atoms with E-state index in [1.807, 2.05) is 0 Å². The number of carbonyl (C=O) groups is 2. The number of hydrogen-bond acceptors (Lipinski definition) is 2. The van der Waals surface area contributed by atoms with Gasteiger partial charge in [0.25, 0.3) is 0 Å². The zero-order valence-electron chi connectivity index (χ0n) is 8.69. The maximum atomic E-state index is 11.9. The summed E-state index contributed by atoms with van der Waals surface area (Å²) in [6.07, 6.45) is 0.354. The molecule has 0 saturated carbocycles. The van der Waals surface area contributed by atoms with E-state index in [9.17, 15) is 9.59 Å². The molecular formula is C11H9ClINO3. The van der Waals surface area contributed by atoms with E-state index in [1.165, 1.54) is 4.90 Å². The Morgan fingerprint density at radius 3 is 2.76 bits per heavy atom. The number of carboxylic acids is 1. The molecule has 6 heteroatoms. The predicted molar refractivity (Wildman–Crippen MR) is 72.3 cm³/mol. The van der Waals surface area contributed by atoms with Gasteiger partial charge < -0.3 is 10.0 Å². The number of amides is 1. The number of benzene rings is 1. The molecule has 0 aromatic heterocycles. The van der Waals surface area contributed by atoms with E-state index in [0.29, 0.717) is 18.0 Å². The van der Waals surface area contributed by atoms with E-state index in [4.69, 9.17) is 16.7 Å². The fraction of sp³-hybridized carbons (Fsp3) is 0.273.